The third-order valence-electron chi connectivity index (χ3n) is 6.72. The largest absolute Gasteiger partial charge is 0.350 e. The van der Waals surface area contributed by atoms with Crippen LogP contribution in [0.3, 0.4) is 0 Å². The molecule has 2 aromatic carbocycles. The lowest BCUT2D eigenvalue weighted by atomic mass is 9.93. The van der Waals surface area contributed by atoms with Crippen molar-refractivity contribution in [3.8, 4) is 0 Å². The maximum absolute atomic E-state index is 13.7. The van der Waals surface area contributed by atoms with Crippen molar-refractivity contribution in [1.29, 1.82) is 0 Å². The van der Waals surface area contributed by atoms with Gasteiger partial charge in [-0.2, -0.15) is 0 Å². The van der Waals surface area contributed by atoms with E-state index < -0.39 is 5.54 Å². The summed E-state index contributed by atoms with van der Waals surface area (Å²) in [7, 11) is 0. The number of carbonyl (C=O) groups is 3. The minimum atomic E-state index is -1.07. The molecule has 0 unspecified atom stereocenters. The molecule has 1 fully saturated rings. The zero-order valence-electron chi connectivity index (χ0n) is 19.7. The van der Waals surface area contributed by atoms with Gasteiger partial charge in [-0.3, -0.25) is 14.4 Å². The van der Waals surface area contributed by atoms with E-state index in [9.17, 15) is 14.4 Å². The summed E-state index contributed by atoms with van der Waals surface area (Å²) < 4.78 is 1.65. The fourth-order valence-electron chi connectivity index (χ4n) is 4.74. The minimum absolute atomic E-state index is 0.00684. The number of aromatic nitrogens is 2. The summed E-state index contributed by atoms with van der Waals surface area (Å²) in [5.41, 5.74) is 1.40. The first-order chi connectivity index (χ1) is 17.0. The SMILES string of the molecule is C[C@@]1(C(=O)NCc2ccccc2)Cn2cnc(C(=O)NCCc3ccccc3)c2C(=O)N1C1CC1. The number of fused-ring (bicyclic) bond motifs is 1. The van der Waals surface area contributed by atoms with Crippen molar-refractivity contribution < 1.29 is 14.4 Å². The summed E-state index contributed by atoms with van der Waals surface area (Å²) in [4.78, 5) is 45.9. The van der Waals surface area contributed by atoms with E-state index in [-0.39, 0.29) is 41.7 Å². The highest BCUT2D eigenvalue weighted by Crippen LogP contribution is 2.38. The molecule has 1 aromatic heterocycles. The Balaban J connectivity index is 1.33. The first-order valence-electron chi connectivity index (χ1n) is 12.0. The van der Waals surface area contributed by atoms with Gasteiger partial charge in [-0.1, -0.05) is 60.7 Å². The summed E-state index contributed by atoms with van der Waals surface area (Å²) in [5.74, 6) is -0.910. The van der Waals surface area contributed by atoms with Crippen LogP contribution in [0.25, 0.3) is 0 Å². The quantitative estimate of drug-likeness (QED) is 0.528. The topological polar surface area (TPSA) is 96.3 Å². The Hall–Kier alpha value is -3.94. The van der Waals surface area contributed by atoms with Crippen LogP contribution in [0.15, 0.2) is 67.0 Å². The molecule has 8 heteroatoms. The highest BCUT2D eigenvalue weighted by atomic mass is 16.2. The predicted molar refractivity (Wildman–Crippen MR) is 131 cm³/mol. The molecule has 2 aliphatic rings. The lowest BCUT2D eigenvalue weighted by Gasteiger charge is -2.44. The highest BCUT2D eigenvalue weighted by Gasteiger charge is 2.53. The van der Waals surface area contributed by atoms with Gasteiger partial charge in [0.15, 0.2) is 5.69 Å². The van der Waals surface area contributed by atoms with E-state index in [0.29, 0.717) is 19.5 Å². The van der Waals surface area contributed by atoms with Crippen molar-refractivity contribution in [2.75, 3.05) is 6.54 Å². The third-order valence-corrected chi connectivity index (χ3v) is 6.72. The van der Waals surface area contributed by atoms with Gasteiger partial charge in [-0.15, -0.1) is 0 Å². The van der Waals surface area contributed by atoms with Gasteiger partial charge in [0, 0.05) is 19.1 Å². The molecule has 1 aliphatic heterocycles. The molecule has 1 atom stereocenters. The van der Waals surface area contributed by atoms with Crippen molar-refractivity contribution in [2.24, 2.45) is 0 Å². The molecular weight excluding hydrogens is 442 g/mol. The van der Waals surface area contributed by atoms with Gasteiger partial charge < -0.3 is 20.1 Å². The number of nitrogens with one attached hydrogen (secondary N) is 2. The zero-order chi connectivity index (χ0) is 24.4. The van der Waals surface area contributed by atoms with Crippen LogP contribution in [-0.4, -0.2) is 50.3 Å². The van der Waals surface area contributed by atoms with Crippen LogP contribution in [0.1, 0.15) is 51.9 Å². The van der Waals surface area contributed by atoms with Crippen LogP contribution >= 0.6 is 0 Å². The lowest BCUT2D eigenvalue weighted by Crippen LogP contribution is -2.64. The van der Waals surface area contributed by atoms with Crippen LogP contribution in [0.4, 0.5) is 0 Å². The molecular formula is C27H29N5O3. The van der Waals surface area contributed by atoms with E-state index in [1.807, 2.05) is 60.7 Å². The zero-order valence-corrected chi connectivity index (χ0v) is 19.7. The fraction of sp³-hybridized carbons (Fsp3) is 0.333. The number of rotatable bonds is 8. The molecule has 3 aromatic rings. The Labute approximate surface area is 204 Å². The predicted octanol–water partition coefficient (Wildman–Crippen LogP) is 2.55. The Kier molecular flexibility index (Phi) is 6.11. The van der Waals surface area contributed by atoms with Gasteiger partial charge in [0.25, 0.3) is 11.8 Å². The molecule has 2 heterocycles. The molecule has 2 N–H and O–H groups in total. The summed E-state index contributed by atoms with van der Waals surface area (Å²) in [6.07, 6.45) is 3.87. The van der Waals surface area contributed by atoms with Gasteiger partial charge in [0.05, 0.1) is 12.9 Å². The van der Waals surface area contributed by atoms with Gasteiger partial charge in [0.2, 0.25) is 5.91 Å². The summed E-state index contributed by atoms with van der Waals surface area (Å²) in [6, 6.07) is 19.5. The number of benzene rings is 2. The maximum atomic E-state index is 13.7. The van der Waals surface area contributed by atoms with E-state index >= 15 is 0 Å². The van der Waals surface area contributed by atoms with Crippen LogP contribution in [0.5, 0.6) is 0 Å². The number of hydrogen-bond donors (Lipinski definition) is 2. The van der Waals surface area contributed by atoms with Crippen LogP contribution < -0.4 is 10.6 Å². The van der Waals surface area contributed by atoms with E-state index in [2.05, 4.69) is 15.6 Å². The Morgan fingerprint density at radius 3 is 2.31 bits per heavy atom. The smallest absolute Gasteiger partial charge is 0.274 e. The van der Waals surface area contributed by atoms with Crippen molar-refractivity contribution in [2.45, 2.75) is 50.9 Å². The number of imidazole rings is 1. The average molecular weight is 472 g/mol. The van der Waals surface area contributed by atoms with Crippen molar-refractivity contribution in [3.05, 3.63) is 89.5 Å². The first kappa shape index (κ1) is 22.8. The van der Waals surface area contributed by atoms with Gasteiger partial charge in [-0.05, 0) is 37.3 Å². The minimum Gasteiger partial charge on any atom is -0.350 e. The second-order valence-corrected chi connectivity index (χ2v) is 9.41. The lowest BCUT2D eigenvalue weighted by molar-refractivity contribution is -0.133. The molecule has 0 radical (unpaired) electrons. The number of hydrogen-bond acceptors (Lipinski definition) is 4. The second kappa shape index (κ2) is 9.37. The summed E-state index contributed by atoms with van der Waals surface area (Å²) >= 11 is 0. The molecule has 8 nitrogen and oxygen atoms in total. The van der Waals surface area contributed by atoms with Crippen molar-refractivity contribution in [3.63, 3.8) is 0 Å². The molecule has 1 aliphatic carbocycles. The molecule has 0 bridgehead atoms. The highest BCUT2D eigenvalue weighted by molar-refractivity contribution is 6.07. The molecule has 35 heavy (non-hydrogen) atoms. The van der Waals surface area contributed by atoms with Crippen LogP contribution in [-0.2, 0) is 24.3 Å². The molecule has 1 saturated carbocycles. The van der Waals surface area contributed by atoms with Crippen LogP contribution in [0.2, 0.25) is 0 Å². The van der Waals surface area contributed by atoms with Gasteiger partial charge >= 0.3 is 0 Å². The summed E-state index contributed by atoms with van der Waals surface area (Å²) in [6.45, 7) is 2.87. The average Bonchev–Trinajstić information content (AvgIpc) is 3.61. The third kappa shape index (κ3) is 4.56. The maximum Gasteiger partial charge on any atom is 0.274 e. The fourth-order valence-corrected chi connectivity index (χ4v) is 4.74. The Morgan fingerprint density at radius 1 is 1.00 bits per heavy atom. The van der Waals surface area contributed by atoms with Crippen molar-refractivity contribution in [1.82, 2.24) is 25.1 Å². The van der Waals surface area contributed by atoms with Crippen molar-refractivity contribution >= 4 is 17.7 Å². The molecule has 180 valence electrons. The Bertz CT molecular complexity index is 1240. The number of carbonyl (C=O) groups excluding carboxylic acids is 3. The van der Waals surface area contributed by atoms with Gasteiger partial charge in [0.1, 0.15) is 11.2 Å². The van der Waals surface area contributed by atoms with Gasteiger partial charge in [-0.25, -0.2) is 4.98 Å². The second-order valence-electron chi connectivity index (χ2n) is 9.41. The molecule has 3 amide bonds. The standard InChI is InChI=1S/C27H29N5O3/c1-27(26(35)29-16-20-10-6-3-7-11-20)17-31-18-30-22(23(31)25(34)32(27)21-12-13-21)24(33)28-15-14-19-8-4-2-5-9-19/h2-11,18,21H,12-17H2,1H3,(H,28,33)(H,29,35)/t27-/m0/s1. The van der Waals surface area contributed by atoms with E-state index in [4.69, 9.17) is 0 Å². The van der Waals surface area contributed by atoms with E-state index in [1.54, 1.807) is 16.4 Å². The normalized spacial score (nSPS) is 19.2. The molecule has 0 spiro atoms. The van der Waals surface area contributed by atoms with E-state index in [0.717, 1.165) is 24.0 Å². The number of nitrogens with zero attached hydrogens (tertiary/aromatic N) is 3. The van der Waals surface area contributed by atoms with E-state index in [1.165, 1.54) is 6.33 Å². The first-order valence-corrected chi connectivity index (χ1v) is 12.0. The van der Waals surface area contributed by atoms with Crippen LogP contribution in [0, 0.1) is 0 Å². The molecule has 5 rings (SSSR count). The monoisotopic (exact) mass is 471 g/mol. The molecule has 0 saturated heterocycles. The summed E-state index contributed by atoms with van der Waals surface area (Å²) in [5, 5.41) is 5.88. The Morgan fingerprint density at radius 2 is 1.66 bits per heavy atom. The number of amides is 3.